The van der Waals surface area contributed by atoms with Gasteiger partial charge in [0.1, 0.15) is 5.82 Å². The van der Waals surface area contributed by atoms with Gasteiger partial charge in [0.2, 0.25) is 0 Å². The lowest BCUT2D eigenvalue weighted by Crippen LogP contribution is -2.11. The third kappa shape index (κ3) is 6.85. The maximum absolute atomic E-state index is 14.8. The Labute approximate surface area is 326 Å². The van der Waals surface area contributed by atoms with Crippen LogP contribution < -0.4 is 0 Å². The van der Waals surface area contributed by atoms with Crippen LogP contribution in [0.5, 0.6) is 0 Å². The van der Waals surface area contributed by atoms with Crippen LogP contribution in [-0.4, -0.2) is 19.5 Å². The van der Waals surface area contributed by atoms with Gasteiger partial charge in [-0.2, -0.15) is 26.3 Å². The minimum Gasteiger partial charge on any atom is -0.309 e. The first-order chi connectivity index (χ1) is 27.9. The van der Waals surface area contributed by atoms with Crippen molar-refractivity contribution in [1.29, 1.82) is 0 Å². The van der Waals surface area contributed by atoms with Crippen molar-refractivity contribution in [2.75, 3.05) is 0 Å². The van der Waals surface area contributed by atoms with Gasteiger partial charge in [0.05, 0.1) is 22.2 Å². The van der Waals surface area contributed by atoms with Crippen LogP contribution in [0.25, 0.3) is 83.9 Å². The first kappa shape index (κ1) is 36.5. The van der Waals surface area contributed by atoms with Gasteiger partial charge in [-0.05, 0) is 82.9 Å². The summed E-state index contributed by atoms with van der Waals surface area (Å²) >= 11 is 0. The summed E-state index contributed by atoms with van der Waals surface area (Å²) in [5, 5.41) is 1.32. The molecule has 9 aromatic rings. The second kappa shape index (κ2) is 14.1. The van der Waals surface area contributed by atoms with Crippen molar-refractivity contribution in [2.24, 2.45) is 0 Å². The molecular weight excluding hydrogens is 754 g/mol. The van der Waals surface area contributed by atoms with Gasteiger partial charge in [-0.3, -0.25) is 0 Å². The van der Waals surface area contributed by atoms with Crippen molar-refractivity contribution >= 4 is 21.8 Å². The summed E-state index contributed by atoms with van der Waals surface area (Å²) in [6.07, 6.45) is -9.98. The maximum atomic E-state index is 14.8. The molecule has 2 aromatic heterocycles. The molecule has 11 heteroatoms. The molecule has 0 aliphatic carbocycles. The Kier molecular flexibility index (Phi) is 8.88. The molecule has 2 heterocycles. The summed E-state index contributed by atoms with van der Waals surface area (Å²) in [6, 6.07) is 44.5. The molecule has 7 aromatic carbocycles. The normalized spacial score (nSPS) is 12.1. The molecule has 9 rings (SSSR count). The van der Waals surface area contributed by atoms with Crippen LogP contribution in [0.15, 0.2) is 164 Å². The standard InChI is InChI=1S/C47H27F7N4/c48-35-15-9-14-31(24-35)37-20-19-36(27-40(37)45-56-43(28-10-3-1-4-11-28)55-44(57-45)29-12-5-2-6-13-29)58-41-17-8-7-16-38(41)39-25-30(18-21-42(39)58)32-22-33(46(49,50)51)26-34(23-32)47(52,53)54/h1-27H. The first-order valence-corrected chi connectivity index (χ1v) is 18.0. The lowest BCUT2D eigenvalue weighted by atomic mass is 9.97. The van der Waals surface area contributed by atoms with Gasteiger partial charge in [0.15, 0.2) is 17.5 Å². The fourth-order valence-electron chi connectivity index (χ4n) is 7.25. The summed E-state index contributed by atoms with van der Waals surface area (Å²) < 4.78 is 99.7. The van der Waals surface area contributed by atoms with Gasteiger partial charge in [0.25, 0.3) is 0 Å². The molecule has 4 nitrogen and oxygen atoms in total. The predicted molar refractivity (Wildman–Crippen MR) is 211 cm³/mol. The number of alkyl halides is 6. The van der Waals surface area contributed by atoms with Crippen molar-refractivity contribution in [1.82, 2.24) is 19.5 Å². The molecule has 0 amide bonds. The quantitative estimate of drug-likeness (QED) is 0.158. The van der Waals surface area contributed by atoms with E-state index in [1.165, 1.54) is 18.2 Å². The Bertz CT molecular complexity index is 2900. The molecule has 0 bridgehead atoms. The lowest BCUT2D eigenvalue weighted by molar-refractivity contribution is -0.143. The molecular formula is C47H27F7N4. The van der Waals surface area contributed by atoms with Gasteiger partial charge in [-0.1, -0.05) is 103 Å². The molecule has 0 aliphatic rings. The Hall–Kier alpha value is -7.14. The maximum Gasteiger partial charge on any atom is 0.416 e. The van der Waals surface area contributed by atoms with Crippen LogP contribution in [0.1, 0.15) is 11.1 Å². The fourth-order valence-corrected chi connectivity index (χ4v) is 7.25. The summed E-state index contributed by atoms with van der Waals surface area (Å²) in [6.45, 7) is 0. The Balaban J connectivity index is 1.28. The summed E-state index contributed by atoms with van der Waals surface area (Å²) in [4.78, 5) is 14.8. The molecule has 0 N–H and O–H groups in total. The van der Waals surface area contributed by atoms with Crippen LogP contribution >= 0.6 is 0 Å². The first-order valence-electron chi connectivity index (χ1n) is 18.0. The summed E-state index contributed by atoms with van der Waals surface area (Å²) in [5.41, 5.74) is 2.48. The van der Waals surface area contributed by atoms with Gasteiger partial charge in [-0.15, -0.1) is 0 Å². The van der Waals surface area contributed by atoms with E-state index in [1.807, 2.05) is 108 Å². The van der Waals surface area contributed by atoms with E-state index >= 15 is 0 Å². The number of rotatable bonds is 6. The Morgan fingerprint density at radius 2 is 0.948 bits per heavy atom. The Morgan fingerprint density at radius 1 is 0.379 bits per heavy atom. The number of fused-ring (bicyclic) bond motifs is 3. The Morgan fingerprint density at radius 3 is 1.57 bits per heavy atom. The number of nitrogens with zero attached hydrogens (tertiary/aromatic N) is 4. The monoisotopic (exact) mass is 780 g/mol. The zero-order chi connectivity index (χ0) is 40.2. The third-order valence-electron chi connectivity index (χ3n) is 9.93. The van der Waals surface area contributed by atoms with Crippen molar-refractivity contribution in [3.05, 3.63) is 181 Å². The van der Waals surface area contributed by atoms with Gasteiger partial charge >= 0.3 is 12.4 Å². The number of para-hydroxylation sites is 1. The molecule has 284 valence electrons. The van der Waals surface area contributed by atoms with Crippen LogP contribution in [0.4, 0.5) is 30.7 Å². The van der Waals surface area contributed by atoms with Gasteiger partial charge in [0, 0.05) is 33.2 Å². The van der Waals surface area contributed by atoms with E-state index in [0.717, 1.165) is 34.2 Å². The average Bonchev–Trinajstić information content (AvgIpc) is 3.57. The highest BCUT2D eigenvalue weighted by Crippen LogP contribution is 2.42. The topological polar surface area (TPSA) is 43.6 Å². The molecule has 0 saturated heterocycles. The third-order valence-corrected chi connectivity index (χ3v) is 9.93. The highest BCUT2D eigenvalue weighted by Gasteiger charge is 2.37. The molecule has 0 saturated carbocycles. The van der Waals surface area contributed by atoms with Crippen molar-refractivity contribution in [3.63, 3.8) is 0 Å². The van der Waals surface area contributed by atoms with Gasteiger partial charge < -0.3 is 4.57 Å². The van der Waals surface area contributed by atoms with Crippen molar-refractivity contribution < 1.29 is 30.7 Å². The molecule has 0 radical (unpaired) electrons. The van der Waals surface area contributed by atoms with Crippen LogP contribution in [-0.2, 0) is 12.4 Å². The molecule has 0 aliphatic heterocycles. The molecule has 0 unspecified atom stereocenters. The van der Waals surface area contributed by atoms with Crippen molar-refractivity contribution in [2.45, 2.75) is 12.4 Å². The SMILES string of the molecule is Fc1cccc(-c2ccc(-n3c4ccccc4c4cc(-c5cc(C(F)(F)F)cc(C(F)(F)F)c5)ccc43)cc2-c2nc(-c3ccccc3)nc(-c3ccccc3)n2)c1. The van der Waals surface area contributed by atoms with Crippen LogP contribution in [0, 0.1) is 5.82 Å². The average molecular weight is 781 g/mol. The van der Waals surface area contributed by atoms with Crippen LogP contribution in [0.3, 0.4) is 0 Å². The van der Waals surface area contributed by atoms with E-state index in [0.29, 0.717) is 50.8 Å². The van der Waals surface area contributed by atoms with Crippen LogP contribution in [0.2, 0.25) is 0 Å². The van der Waals surface area contributed by atoms with E-state index in [2.05, 4.69) is 0 Å². The van der Waals surface area contributed by atoms with E-state index in [1.54, 1.807) is 24.3 Å². The number of hydrogen-bond donors (Lipinski definition) is 0. The molecule has 0 spiro atoms. The van der Waals surface area contributed by atoms with E-state index < -0.39 is 29.3 Å². The van der Waals surface area contributed by atoms with Gasteiger partial charge in [-0.25, -0.2) is 19.3 Å². The van der Waals surface area contributed by atoms with Crippen molar-refractivity contribution in [3.8, 4) is 62.1 Å². The van der Waals surface area contributed by atoms with E-state index in [-0.39, 0.29) is 17.2 Å². The predicted octanol–water partition coefficient (Wildman–Crippen LogP) is 13.5. The molecule has 0 atom stereocenters. The highest BCUT2D eigenvalue weighted by atomic mass is 19.4. The second-order valence-electron chi connectivity index (χ2n) is 13.7. The minimum atomic E-state index is -4.99. The van der Waals surface area contributed by atoms with E-state index in [4.69, 9.17) is 15.0 Å². The van der Waals surface area contributed by atoms with E-state index in [9.17, 15) is 30.7 Å². The number of aromatic nitrogens is 4. The zero-order valence-corrected chi connectivity index (χ0v) is 30.0. The summed E-state index contributed by atoms with van der Waals surface area (Å²) in [5.74, 6) is 0.738. The fraction of sp³-hybridized carbons (Fsp3) is 0.0426. The number of hydrogen-bond acceptors (Lipinski definition) is 3. The largest absolute Gasteiger partial charge is 0.416 e. The zero-order valence-electron chi connectivity index (χ0n) is 30.0. The lowest BCUT2D eigenvalue weighted by Gasteiger charge is -2.16. The molecule has 0 fully saturated rings. The second-order valence-corrected chi connectivity index (χ2v) is 13.7. The smallest absolute Gasteiger partial charge is 0.309 e. The minimum absolute atomic E-state index is 0.122. The number of halogens is 7. The highest BCUT2D eigenvalue weighted by molar-refractivity contribution is 6.10. The number of benzene rings is 7. The molecule has 58 heavy (non-hydrogen) atoms. The summed E-state index contributed by atoms with van der Waals surface area (Å²) in [7, 11) is 0.